The lowest BCUT2D eigenvalue weighted by atomic mass is 10.6. The van der Waals surface area contributed by atoms with Crippen molar-refractivity contribution < 1.29 is 0 Å². The number of halogens is 2. The van der Waals surface area contributed by atoms with Gasteiger partial charge in [-0.05, 0) is 6.42 Å². The zero-order valence-corrected chi connectivity index (χ0v) is 6.49. The fourth-order valence-corrected chi connectivity index (χ4v) is 1.44. The lowest BCUT2D eigenvalue weighted by Gasteiger charge is -1.75. The van der Waals surface area contributed by atoms with E-state index >= 15 is 0 Å². The second-order valence-corrected chi connectivity index (χ2v) is 2.13. The monoisotopic (exact) mass is 247 g/mol. The standard InChI is InChI=1S/C3H5BrI/c4-2-1-3-5/h1H,2-3H2. The van der Waals surface area contributed by atoms with Gasteiger partial charge in [-0.1, -0.05) is 38.5 Å². The summed E-state index contributed by atoms with van der Waals surface area (Å²) >= 11 is 5.55. The molecule has 0 unspecified atom stereocenters. The molecule has 0 atom stereocenters. The number of rotatable bonds is 2. The zero-order chi connectivity index (χ0) is 4.12. The van der Waals surface area contributed by atoms with Crippen molar-refractivity contribution in [3.8, 4) is 0 Å². The van der Waals surface area contributed by atoms with E-state index in [4.69, 9.17) is 0 Å². The van der Waals surface area contributed by atoms with Gasteiger partial charge in [-0.2, -0.15) is 0 Å². The van der Waals surface area contributed by atoms with Crippen LogP contribution in [-0.2, 0) is 0 Å². The molecule has 0 aromatic rings. The molecule has 0 aliphatic carbocycles. The SMILES string of the molecule is BrC[CH]CI. The molecule has 31 valence electrons. The fraction of sp³-hybridized carbons (Fsp3) is 0.667. The molecule has 2 heteroatoms. The van der Waals surface area contributed by atoms with Crippen LogP contribution in [0.4, 0.5) is 0 Å². The highest BCUT2D eigenvalue weighted by molar-refractivity contribution is 14.1. The predicted octanol–water partition coefficient (Wildman–Crippen LogP) is 2.02. The average molecular weight is 248 g/mol. The first-order chi connectivity index (χ1) is 2.41. The molecule has 0 spiro atoms. The van der Waals surface area contributed by atoms with Gasteiger partial charge < -0.3 is 0 Å². The highest BCUT2D eigenvalue weighted by Gasteiger charge is 1.72. The maximum atomic E-state index is 3.25. The van der Waals surface area contributed by atoms with Crippen molar-refractivity contribution in [2.75, 3.05) is 9.76 Å². The van der Waals surface area contributed by atoms with Crippen LogP contribution in [0.2, 0.25) is 0 Å². The van der Waals surface area contributed by atoms with E-state index in [2.05, 4.69) is 44.9 Å². The molecule has 0 N–H and O–H groups in total. The van der Waals surface area contributed by atoms with E-state index in [1.807, 2.05) is 0 Å². The predicted molar refractivity (Wildman–Crippen MR) is 37.0 cm³/mol. The molecule has 0 aliphatic rings. The van der Waals surface area contributed by atoms with Crippen molar-refractivity contribution in [3.05, 3.63) is 6.42 Å². The Labute approximate surface area is 54.6 Å². The molecule has 0 fully saturated rings. The molecule has 0 aromatic heterocycles. The molecular weight excluding hydrogens is 243 g/mol. The molecule has 0 amide bonds. The van der Waals surface area contributed by atoms with Crippen LogP contribution in [0.1, 0.15) is 0 Å². The van der Waals surface area contributed by atoms with E-state index in [0.29, 0.717) is 0 Å². The van der Waals surface area contributed by atoms with E-state index in [0.717, 1.165) is 9.76 Å². The zero-order valence-electron chi connectivity index (χ0n) is 2.75. The van der Waals surface area contributed by atoms with Crippen molar-refractivity contribution in [2.24, 2.45) is 0 Å². The van der Waals surface area contributed by atoms with E-state index < -0.39 is 0 Å². The number of alkyl halides is 2. The Bertz CT molecular complexity index is 14.4. The summed E-state index contributed by atoms with van der Waals surface area (Å²) in [4.78, 5) is 0. The largest absolute Gasteiger partial charge is 0.0925 e. The molecule has 0 nitrogen and oxygen atoms in total. The van der Waals surface area contributed by atoms with E-state index in [-0.39, 0.29) is 0 Å². The molecule has 0 saturated heterocycles. The van der Waals surface area contributed by atoms with E-state index in [9.17, 15) is 0 Å². The van der Waals surface area contributed by atoms with Crippen LogP contribution in [0.15, 0.2) is 0 Å². The minimum Gasteiger partial charge on any atom is -0.0925 e. The van der Waals surface area contributed by atoms with Crippen molar-refractivity contribution in [1.29, 1.82) is 0 Å². The second-order valence-electron chi connectivity index (χ2n) is 0.597. The normalized spacial score (nSPS) is 8.40. The van der Waals surface area contributed by atoms with Gasteiger partial charge in [0.15, 0.2) is 0 Å². The van der Waals surface area contributed by atoms with Crippen LogP contribution in [0, 0.1) is 6.42 Å². The Balaban J connectivity index is 2.19. The summed E-state index contributed by atoms with van der Waals surface area (Å²) in [6.07, 6.45) is 2.15. The van der Waals surface area contributed by atoms with Gasteiger partial charge in [-0.3, -0.25) is 0 Å². The molecule has 1 radical (unpaired) electrons. The summed E-state index contributed by atoms with van der Waals surface area (Å²) in [5, 5.41) is 1.02. The van der Waals surface area contributed by atoms with Gasteiger partial charge in [0.1, 0.15) is 0 Å². The molecule has 0 aromatic carbocycles. The van der Waals surface area contributed by atoms with Gasteiger partial charge in [-0.25, -0.2) is 0 Å². The number of hydrogen-bond acceptors (Lipinski definition) is 0. The van der Waals surface area contributed by atoms with Gasteiger partial charge in [0, 0.05) is 9.76 Å². The van der Waals surface area contributed by atoms with Crippen molar-refractivity contribution in [1.82, 2.24) is 0 Å². The Morgan fingerprint density at radius 2 is 2.40 bits per heavy atom. The Morgan fingerprint density at radius 3 is 2.40 bits per heavy atom. The van der Waals surface area contributed by atoms with Gasteiger partial charge >= 0.3 is 0 Å². The first-order valence-corrected chi connectivity index (χ1v) is 4.00. The minimum atomic E-state index is 1.02. The third-order valence-corrected chi connectivity index (χ3v) is 1.30. The quantitative estimate of drug-likeness (QED) is 0.518. The third-order valence-electron chi connectivity index (χ3n) is 0.218. The third kappa shape index (κ3) is 5.21. The van der Waals surface area contributed by atoms with Crippen LogP contribution in [0.25, 0.3) is 0 Å². The summed E-state index contributed by atoms with van der Waals surface area (Å²) in [6, 6.07) is 0. The first kappa shape index (κ1) is 6.21. The summed E-state index contributed by atoms with van der Waals surface area (Å²) in [5.74, 6) is 0. The molecular formula is C3H5BrI. The molecule has 0 heterocycles. The van der Waals surface area contributed by atoms with Gasteiger partial charge in [0.2, 0.25) is 0 Å². The topological polar surface area (TPSA) is 0 Å². The highest BCUT2D eigenvalue weighted by atomic mass is 127. The maximum Gasteiger partial charge on any atom is 0.00702 e. The summed E-state index contributed by atoms with van der Waals surface area (Å²) in [7, 11) is 0. The Hall–Kier alpha value is 1.21. The molecule has 0 rings (SSSR count). The van der Waals surface area contributed by atoms with Crippen LogP contribution in [-0.4, -0.2) is 9.76 Å². The van der Waals surface area contributed by atoms with Crippen LogP contribution in [0.5, 0.6) is 0 Å². The van der Waals surface area contributed by atoms with E-state index in [1.54, 1.807) is 0 Å². The number of hydrogen-bond donors (Lipinski definition) is 0. The van der Waals surface area contributed by atoms with Gasteiger partial charge in [0.25, 0.3) is 0 Å². The second kappa shape index (κ2) is 5.21. The molecule has 5 heavy (non-hydrogen) atoms. The lowest BCUT2D eigenvalue weighted by molar-refractivity contribution is 1.50. The van der Waals surface area contributed by atoms with Crippen LogP contribution >= 0.6 is 38.5 Å². The fourth-order valence-electron chi connectivity index (χ4n) is 0.0412. The Kier molecular flexibility index (Phi) is 6.47. The lowest BCUT2D eigenvalue weighted by Crippen LogP contribution is -1.71. The maximum absolute atomic E-state index is 3.25. The molecule has 0 bridgehead atoms. The smallest absolute Gasteiger partial charge is 0.00702 e. The summed E-state index contributed by atoms with van der Waals surface area (Å²) in [6.45, 7) is 0. The summed E-state index contributed by atoms with van der Waals surface area (Å²) < 4.78 is 1.14. The first-order valence-electron chi connectivity index (χ1n) is 1.35. The van der Waals surface area contributed by atoms with Gasteiger partial charge in [0.05, 0.1) is 0 Å². The summed E-state index contributed by atoms with van der Waals surface area (Å²) in [5.41, 5.74) is 0. The van der Waals surface area contributed by atoms with Crippen LogP contribution in [0.3, 0.4) is 0 Å². The molecule has 0 aliphatic heterocycles. The Morgan fingerprint density at radius 1 is 1.80 bits per heavy atom. The minimum absolute atomic E-state index is 1.02. The highest BCUT2D eigenvalue weighted by Crippen LogP contribution is 1.89. The van der Waals surface area contributed by atoms with Crippen LogP contribution < -0.4 is 0 Å². The molecule has 0 saturated carbocycles. The van der Waals surface area contributed by atoms with E-state index in [1.165, 1.54) is 0 Å². The van der Waals surface area contributed by atoms with Crippen molar-refractivity contribution in [2.45, 2.75) is 0 Å². The van der Waals surface area contributed by atoms with Gasteiger partial charge in [-0.15, -0.1) is 0 Å². The van der Waals surface area contributed by atoms with Crippen molar-refractivity contribution in [3.63, 3.8) is 0 Å². The average Bonchev–Trinajstić information content (AvgIpc) is 1.41. The van der Waals surface area contributed by atoms with Crippen molar-refractivity contribution >= 4 is 38.5 Å².